The zero-order valence-electron chi connectivity index (χ0n) is 62.7. The second kappa shape index (κ2) is 40.2. The van der Waals surface area contributed by atoms with Gasteiger partial charge in [0.15, 0.2) is 0 Å². The van der Waals surface area contributed by atoms with Crippen LogP contribution < -0.4 is 69.0 Å². The van der Waals surface area contributed by atoms with Crippen LogP contribution in [-0.2, 0) is 26.0 Å². The van der Waals surface area contributed by atoms with Gasteiger partial charge in [0.1, 0.15) is 11.3 Å². The number of benzene rings is 14. The van der Waals surface area contributed by atoms with E-state index in [1.165, 1.54) is 63.7 Å². The average molecular weight is 1640 g/mol. The van der Waals surface area contributed by atoms with Crippen molar-refractivity contribution < 1.29 is 34.7 Å². The summed E-state index contributed by atoms with van der Waals surface area (Å²) in [4.78, 5) is 21.0. The van der Waals surface area contributed by atoms with Gasteiger partial charge in [-0.05, 0) is 140 Å². The van der Waals surface area contributed by atoms with Gasteiger partial charge < -0.3 is 14.8 Å². The first-order chi connectivity index (χ1) is 55.2. The van der Waals surface area contributed by atoms with E-state index in [1.807, 2.05) is 68.4 Å². The Bertz CT molecular complexity index is 4810. The number of carbonyl (C=O) groups is 1. The maximum absolute atomic E-state index is 11.4. The topological polar surface area (TPSA) is 117 Å². The van der Waals surface area contributed by atoms with Crippen LogP contribution in [0.4, 0.5) is 4.79 Å². The minimum atomic E-state index is -1.00. The number of H-pyrrole nitrogens is 1. The zero-order valence-corrected chi connectivity index (χ0v) is 67.9. The number of amides is 1. The average Bonchev–Trinajstić information content (AvgIpc) is 1.68. The van der Waals surface area contributed by atoms with E-state index in [-0.39, 0.29) is 20.4 Å². The minimum Gasteiger partial charge on any atom is -0.465 e. The number of carboxylic acid groups (broad SMARTS) is 1. The number of nitrogens with one attached hydrogen (secondary N) is 2. The third-order valence-electron chi connectivity index (χ3n) is 19.3. The zero-order chi connectivity index (χ0) is 76.5. The van der Waals surface area contributed by atoms with Gasteiger partial charge in [-0.2, -0.15) is 5.10 Å². The number of rotatable bonds is 17. The molecule has 0 bridgehead atoms. The van der Waals surface area contributed by atoms with Gasteiger partial charge in [-0.25, -0.2) is 14.8 Å². The van der Waals surface area contributed by atoms with Crippen LogP contribution in [0.3, 0.4) is 0 Å². The van der Waals surface area contributed by atoms with Crippen molar-refractivity contribution >= 4 is 113 Å². The Morgan fingerprint density at radius 1 is 0.363 bits per heavy atom. The number of hydrogen-bond donors (Lipinski definition) is 3. The number of furan rings is 1. The molecular weight excluding hydrogens is 1550 g/mol. The summed E-state index contributed by atoms with van der Waals surface area (Å²) in [5.74, 6) is 0.675. The second-order valence-electron chi connectivity index (χ2n) is 26.7. The van der Waals surface area contributed by atoms with E-state index in [9.17, 15) is 9.90 Å². The second-order valence-corrected chi connectivity index (χ2v) is 35.6. The van der Waals surface area contributed by atoms with Crippen LogP contribution in [0.25, 0.3) is 44.9 Å². The first kappa shape index (κ1) is 79.6. The first-order valence-electron chi connectivity index (χ1n) is 37.6. The van der Waals surface area contributed by atoms with E-state index < -0.39 is 43.3 Å². The normalized spacial score (nSPS) is 11.7. The summed E-state index contributed by atoms with van der Waals surface area (Å²) in [5.41, 5.74) is 7.77. The van der Waals surface area contributed by atoms with Crippen LogP contribution in [0.1, 0.15) is 36.2 Å². The maximum atomic E-state index is 11.4. The summed E-state index contributed by atoms with van der Waals surface area (Å²) in [6, 6.07) is 147. The van der Waals surface area contributed by atoms with Gasteiger partial charge in [0.05, 0.1) is 28.7 Å². The van der Waals surface area contributed by atoms with E-state index in [2.05, 4.69) is 384 Å². The first-order valence-corrected chi connectivity index (χ1v) is 42.9. The number of fused-ring (bicyclic) bond motifs is 1. The third-order valence-corrected chi connectivity index (χ3v) is 29.0. The molecule has 3 aromatic heterocycles. The molecule has 8 nitrogen and oxygen atoms in total. The van der Waals surface area contributed by atoms with E-state index in [0.717, 1.165) is 64.2 Å². The largest absolute Gasteiger partial charge is 0.465 e. The van der Waals surface area contributed by atoms with Gasteiger partial charge in [0.25, 0.3) is 0 Å². The molecule has 0 radical (unpaired) electrons. The van der Waals surface area contributed by atoms with Gasteiger partial charge in [-0.1, -0.05) is 419 Å². The van der Waals surface area contributed by atoms with E-state index in [0.29, 0.717) is 17.0 Å². The molecule has 14 aromatic carbocycles. The van der Waals surface area contributed by atoms with Crippen LogP contribution in [0, 0.1) is 13.8 Å². The van der Waals surface area contributed by atoms with Crippen molar-refractivity contribution in [1.29, 1.82) is 0 Å². The molecule has 1 amide bonds. The summed E-state index contributed by atoms with van der Waals surface area (Å²) in [6.07, 6.45) is 3.30. The minimum absolute atomic E-state index is 0. The Balaban J connectivity index is 0.000000127. The fraction of sp³-hybridized carbons (Fsp3) is 0.0600. The van der Waals surface area contributed by atoms with Crippen LogP contribution in [-0.4, -0.2) is 31.4 Å². The Morgan fingerprint density at radius 2 is 0.628 bits per heavy atom. The van der Waals surface area contributed by atoms with Crippen molar-refractivity contribution in [3.8, 4) is 33.7 Å². The molecule has 558 valence electrons. The molecule has 0 spiro atoms. The summed E-state index contributed by atoms with van der Waals surface area (Å²) in [5, 5.41) is 36.2. The molecule has 0 aliphatic heterocycles. The van der Waals surface area contributed by atoms with Gasteiger partial charge in [0, 0.05) is 37.2 Å². The molecule has 113 heavy (non-hydrogen) atoms. The number of hydrogen-bond acceptors (Lipinski definition) is 5. The monoisotopic (exact) mass is 1630 g/mol. The Labute approximate surface area is 681 Å². The predicted octanol–water partition coefficient (Wildman–Crippen LogP) is 20.0. The van der Waals surface area contributed by atoms with Crippen LogP contribution in [0.5, 0.6) is 0 Å². The predicted molar refractivity (Wildman–Crippen MR) is 477 cm³/mol. The van der Waals surface area contributed by atoms with Gasteiger partial charge in [0.2, 0.25) is 5.71 Å². The van der Waals surface area contributed by atoms with Crippen molar-refractivity contribution in [2.75, 3.05) is 0 Å². The molecular formula is C100H85N5O3P4Pd. The smallest absolute Gasteiger partial charge is 0.405 e. The third kappa shape index (κ3) is 20.3. The molecule has 0 atom stereocenters. The van der Waals surface area contributed by atoms with Gasteiger partial charge in [-0.15, -0.1) is 0 Å². The SMILES string of the molecule is Cc1n[nH]c(C)c1-c1cnc2oc(-c3ccc(C4(NC(=O)O)CCC4)cc3)c(-c3ccccc3)c2n1.[Pd].c1ccc(P(c2ccccc2)c2ccccc2)cc1.c1ccc(P(c2ccccc2)c2ccccc2)cc1.c1ccc(P(c2ccccc2)c2ccccc2)cc1.c1ccc(P(c2ccccc2)c2ccccc2)cc1. The van der Waals surface area contributed by atoms with E-state index in [4.69, 9.17) is 9.40 Å². The molecule has 1 saturated carbocycles. The molecule has 3 heterocycles. The fourth-order valence-electron chi connectivity index (χ4n) is 13.9. The molecule has 0 unspecified atom stereocenters. The molecule has 13 heteroatoms. The Kier molecular flexibility index (Phi) is 28.3. The van der Waals surface area contributed by atoms with E-state index >= 15 is 0 Å². The van der Waals surface area contributed by atoms with Crippen molar-refractivity contribution in [3.63, 3.8) is 0 Å². The molecule has 0 saturated heterocycles. The quantitative estimate of drug-likeness (QED) is 0.0618. The standard InChI is InChI=1S/C28H25N5O3.4C18H15P.Pd/c1-16-22(17(2)33-32-16)21-15-29-26-24(30-21)23(18-7-4-3-5-8-18)25(36-26)19-9-11-20(12-10-19)28(13-6-14-28)31-27(34)35;4*1-4-10-16(11-5-1)19(17-12-6-2-7-13-17)18-14-8-3-9-15-18;/h3-5,7-12,15,31H,6,13-14H2,1-2H3,(H,32,33)(H,34,35);4*1-15H;. The molecule has 3 N–H and O–H groups in total. The van der Waals surface area contributed by atoms with E-state index in [1.54, 1.807) is 6.20 Å². The van der Waals surface area contributed by atoms with Gasteiger partial charge in [-0.3, -0.25) is 5.10 Å². The van der Waals surface area contributed by atoms with Gasteiger partial charge >= 0.3 is 6.09 Å². The molecule has 17 aromatic rings. The summed E-state index contributed by atoms with van der Waals surface area (Å²) in [6.45, 7) is 3.91. The van der Waals surface area contributed by atoms with Crippen LogP contribution in [0.2, 0.25) is 0 Å². The van der Waals surface area contributed by atoms with Crippen molar-refractivity contribution in [2.45, 2.75) is 38.6 Å². The van der Waals surface area contributed by atoms with Crippen LogP contribution >= 0.6 is 31.7 Å². The molecule has 18 rings (SSSR count). The van der Waals surface area contributed by atoms with Crippen LogP contribution in [0.15, 0.2) is 429 Å². The number of aromatic nitrogens is 4. The van der Waals surface area contributed by atoms with Crippen molar-refractivity contribution in [2.24, 2.45) is 0 Å². The molecule has 1 aliphatic rings. The molecule has 1 aliphatic carbocycles. The van der Waals surface area contributed by atoms with Crippen molar-refractivity contribution in [1.82, 2.24) is 25.5 Å². The number of aryl methyl sites for hydroxylation is 2. The maximum Gasteiger partial charge on any atom is 0.405 e. The number of aromatic amines is 1. The van der Waals surface area contributed by atoms with Crippen molar-refractivity contribution in [3.05, 3.63) is 442 Å². The fourth-order valence-corrected chi connectivity index (χ4v) is 23.1. The molecule has 1 fully saturated rings. The Morgan fingerprint density at radius 3 is 0.858 bits per heavy atom. The summed E-state index contributed by atoms with van der Waals surface area (Å²) < 4.78 is 6.30. The Hall–Kier alpha value is -11.4. The summed E-state index contributed by atoms with van der Waals surface area (Å²) in [7, 11) is -1.78. The summed E-state index contributed by atoms with van der Waals surface area (Å²) >= 11 is 0. The number of nitrogens with zero attached hydrogens (tertiary/aromatic N) is 3.